The molecule has 0 unspecified atom stereocenters. The molecule has 1 aliphatic rings. The van der Waals surface area contributed by atoms with E-state index in [9.17, 15) is 8.42 Å². The molecule has 0 spiro atoms. The molecule has 1 fully saturated rings. The molecule has 1 N–H and O–H groups in total. The van der Waals surface area contributed by atoms with Crippen molar-refractivity contribution in [2.45, 2.75) is 31.1 Å². The summed E-state index contributed by atoms with van der Waals surface area (Å²) in [5, 5.41) is 3.16. The first kappa shape index (κ1) is 13.4. The number of hydrogen-bond acceptors (Lipinski definition) is 3. The molecule has 0 saturated carbocycles. The number of hydrogen-bond donors (Lipinski definition) is 1. The van der Waals surface area contributed by atoms with E-state index in [0.717, 1.165) is 31.5 Å². The molecular formula is C13H20N2O2S. The van der Waals surface area contributed by atoms with Crippen molar-refractivity contribution in [1.82, 2.24) is 4.31 Å². The summed E-state index contributed by atoms with van der Waals surface area (Å²) in [4.78, 5) is 0.394. The summed E-state index contributed by atoms with van der Waals surface area (Å²) in [6, 6.07) is 7.00. The van der Waals surface area contributed by atoms with Gasteiger partial charge in [0, 0.05) is 25.3 Å². The average Bonchev–Trinajstić information content (AvgIpc) is 2.41. The van der Waals surface area contributed by atoms with E-state index in [4.69, 9.17) is 0 Å². The largest absolute Gasteiger partial charge is 0.385 e. The standard InChI is InChI=1S/C13H20N2O2S/c1-2-14-12-6-8-13(9-7-12)18(16,17)15-10-4-3-5-11-15/h6-9,14H,2-5,10-11H2,1H3. The van der Waals surface area contributed by atoms with E-state index in [-0.39, 0.29) is 0 Å². The van der Waals surface area contributed by atoms with Crippen LogP contribution in [-0.2, 0) is 10.0 Å². The highest BCUT2D eigenvalue weighted by molar-refractivity contribution is 7.89. The molecule has 5 heteroatoms. The molecule has 100 valence electrons. The van der Waals surface area contributed by atoms with E-state index in [1.807, 2.05) is 19.1 Å². The second-order valence-corrected chi connectivity index (χ2v) is 6.46. The van der Waals surface area contributed by atoms with Gasteiger partial charge in [0.2, 0.25) is 10.0 Å². The Kier molecular flexibility index (Phi) is 4.24. The van der Waals surface area contributed by atoms with Crippen molar-refractivity contribution in [3.8, 4) is 0 Å². The number of anilines is 1. The van der Waals surface area contributed by atoms with Crippen LogP contribution in [0.4, 0.5) is 5.69 Å². The van der Waals surface area contributed by atoms with Crippen LogP contribution in [0.3, 0.4) is 0 Å². The van der Waals surface area contributed by atoms with E-state index in [0.29, 0.717) is 18.0 Å². The van der Waals surface area contributed by atoms with E-state index in [1.165, 1.54) is 0 Å². The molecule has 18 heavy (non-hydrogen) atoms. The van der Waals surface area contributed by atoms with E-state index in [1.54, 1.807) is 16.4 Å². The molecule has 4 nitrogen and oxygen atoms in total. The van der Waals surface area contributed by atoms with Crippen LogP contribution in [0.2, 0.25) is 0 Å². The molecule has 1 aromatic rings. The molecule has 1 aliphatic heterocycles. The summed E-state index contributed by atoms with van der Waals surface area (Å²) in [6.45, 7) is 4.14. The summed E-state index contributed by atoms with van der Waals surface area (Å²) in [5.74, 6) is 0. The first-order valence-corrected chi connectivity index (χ1v) is 7.92. The summed E-state index contributed by atoms with van der Waals surface area (Å²) in [6.07, 6.45) is 3.06. The lowest BCUT2D eigenvalue weighted by atomic mass is 10.2. The lowest BCUT2D eigenvalue weighted by Gasteiger charge is -2.25. The first-order chi connectivity index (χ1) is 8.64. The predicted molar refractivity (Wildman–Crippen MR) is 73.2 cm³/mol. The third-order valence-electron chi connectivity index (χ3n) is 3.19. The van der Waals surface area contributed by atoms with Gasteiger partial charge >= 0.3 is 0 Å². The fraction of sp³-hybridized carbons (Fsp3) is 0.538. The minimum absolute atomic E-state index is 0.394. The zero-order valence-electron chi connectivity index (χ0n) is 10.7. The van der Waals surface area contributed by atoms with Crippen molar-refractivity contribution in [1.29, 1.82) is 0 Å². The van der Waals surface area contributed by atoms with Crippen LogP contribution in [0.25, 0.3) is 0 Å². The highest BCUT2D eigenvalue weighted by Gasteiger charge is 2.25. The molecule has 1 saturated heterocycles. The van der Waals surface area contributed by atoms with Crippen LogP contribution in [0.5, 0.6) is 0 Å². The van der Waals surface area contributed by atoms with Gasteiger partial charge in [0.1, 0.15) is 0 Å². The Morgan fingerprint density at radius 1 is 1.11 bits per heavy atom. The van der Waals surface area contributed by atoms with Gasteiger partial charge in [0.05, 0.1) is 4.90 Å². The molecule has 0 aromatic heterocycles. The van der Waals surface area contributed by atoms with Gasteiger partial charge < -0.3 is 5.32 Å². The number of nitrogens with zero attached hydrogens (tertiary/aromatic N) is 1. The maximum atomic E-state index is 12.4. The van der Waals surface area contributed by atoms with Crippen LogP contribution < -0.4 is 5.32 Å². The number of sulfonamides is 1. The third-order valence-corrected chi connectivity index (χ3v) is 5.10. The van der Waals surface area contributed by atoms with Crippen molar-refractivity contribution < 1.29 is 8.42 Å². The Hall–Kier alpha value is -1.07. The Morgan fingerprint density at radius 2 is 1.72 bits per heavy atom. The molecule has 2 rings (SSSR count). The van der Waals surface area contributed by atoms with E-state index >= 15 is 0 Å². The first-order valence-electron chi connectivity index (χ1n) is 6.48. The van der Waals surface area contributed by atoms with Crippen molar-refractivity contribution in [2.24, 2.45) is 0 Å². The number of piperidine rings is 1. The zero-order chi connectivity index (χ0) is 13.0. The summed E-state index contributed by atoms with van der Waals surface area (Å²) >= 11 is 0. The molecule has 1 heterocycles. The maximum absolute atomic E-state index is 12.4. The third kappa shape index (κ3) is 2.84. The van der Waals surface area contributed by atoms with Crippen LogP contribution in [0.1, 0.15) is 26.2 Å². The van der Waals surface area contributed by atoms with Crippen molar-refractivity contribution >= 4 is 15.7 Å². The second kappa shape index (κ2) is 5.71. The van der Waals surface area contributed by atoms with Gasteiger partial charge in [-0.05, 0) is 44.0 Å². The predicted octanol–water partition coefficient (Wildman–Crippen LogP) is 2.29. The SMILES string of the molecule is CCNc1ccc(S(=O)(=O)N2CCCCC2)cc1. The zero-order valence-corrected chi connectivity index (χ0v) is 11.5. The summed E-state index contributed by atoms with van der Waals surface area (Å²) in [5.41, 5.74) is 0.954. The number of rotatable bonds is 4. The van der Waals surface area contributed by atoms with Gasteiger partial charge in [-0.15, -0.1) is 0 Å². The Balaban J connectivity index is 2.18. The molecule has 0 radical (unpaired) electrons. The number of benzene rings is 1. The van der Waals surface area contributed by atoms with Crippen molar-refractivity contribution in [2.75, 3.05) is 25.0 Å². The molecule has 0 atom stereocenters. The fourth-order valence-corrected chi connectivity index (χ4v) is 3.72. The van der Waals surface area contributed by atoms with E-state index in [2.05, 4.69) is 5.32 Å². The Morgan fingerprint density at radius 3 is 2.28 bits per heavy atom. The van der Waals surface area contributed by atoms with Crippen molar-refractivity contribution in [3.63, 3.8) is 0 Å². The van der Waals surface area contributed by atoms with Gasteiger partial charge in [-0.2, -0.15) is 4.31 Å². The highest BCUT2D eigenvalue weighted by Crippen LogP contribution is 2.21. The second-order valence-electron chi connectivity index (χ2n) is 4.52. The molecule has 0 aliphatic carbocycles. The fourth-order valence-electron chi connectivity index (χ4n) is 2.20. The Bertz CT molecular complexity index is 476. The van der Waals surface area contributed by atoms with Crippen LogP contribution >= 0.6 is 0 Å². The van der Waals surface area contributed by atoms with Gasteiger partial charge in [0.15, 0.2) is 0 Å². The smallest absolute Gasteiger partial charge is 0.243 e. The lowest BCUT2D eigenvalue weighted by molar-refractivity contribution is 0.346. The van der Waals surface area contributed by atoms with E-state index < -0.39 is 10.0 Å². The lowest BCUT2D eigenvalue weighted by Crippen LogP contribution is -2.35. The molecule has 0 bridgehead atoms. The summed E-state index contributed by atoms with van der Waals surface area (Å²) in [7, 11) is -3.29. The minimum Gasteiger partial charge on any atom is -0.385 e. The monoisotopic (exact) mass is 268 g/mol. The Labute approximate surface area is 109 Å². The van der Waals surface area contributed by atoms with Crippen molar-refractivity contribution in [3.05, 3.63) is 24.3 Å². The quantitative estimate of drug-likeness (QED) is 0.911. The minimum atomic E-state index is -3.29. The van der Waals surface area contributed by atoms with Gasteiger partial charge in [-0.1, -0.05) is 6.42 Å². The molecular weight excluding hydrogens is 248 g/mol. The summed E-state index contributed by atoms with van der Waals surface area (Å²) < 4.78 is 26.3. The van der Waals surface area contributed by atoms with Crippen LogP contribution in [-0.4, -0.2) is 32.4 Å². The average molecular weight is 268 g/mol. The van der Waals surface area contributed by atoms with Crippen LogP contribution in [0.15, 0.2) is 29.2 Å². The molecule has 0 amide bonds. The van der Waals surface area contributed by atoms with Gasteiger partial charge in [0.25, 0.3) is 0 Å². The number of nitrogens with one attached hydrogen (secondary N) is 1. The maximum Gasteiger partial charge on any atom is 0.243 e. The molecule has 1 aromatic carbocycles. The van der Waals surface area contributed by atoms with Crippen LogP contribution in [0, 0.1) is 0 Å². The normalized spacial score (nSPS) is 17.6. The van der Waals surface area contributed by atoms with Gasteiger partial charge in [-0.25, -0.2) is 8.42 Å². The van der Waals surface area contributed by atoms with Gasteiger partial charge in [-0.3, -0.25) is 0 Å². The topological polar surface area (TPSA) is 49.4 Å². The highest BCUT2D eigenvalue weighted by atomic mass is 32.2.